The van der Waals surface area contributed by atoms with E-state index < -0.39 is 13.1 Å². The topological polar surface area (TPSA) is 83.1 Å². The SMILES string of the molecule is O=CN([C@@H]1C[C@H]2CC[C@@H]1O2)[C@@H](Cc1coc2ccccc12)B(O)O. The van der Waals surface area contributed by atoms with E-state index in [4.69, 9.17) is 9.15 Å². The van der Waals surface area contributed by atoms with E-state index in [0.29, 0.717) is 6.42 Å². The highest BCUT2D eigenvalue weighted by molar-refractivity contribution is 6.43. The van der Waals surface area contributed by atoms with E-state index in [1.54, 1.807) is 6.26 Å². The van der Waals surface area contributed by atoms with Gasteiger partial charge in [0.2, 0.25) is 6.41 Å². The van der Waals surface area contributed by atoms with Gasteiger partial charge in [-0.25, -0.2) is 0 Å². The van der Waals surface area contributed by atoms with Crippen LogP contribution in [-0.4, -0.2) is 52.7 Å². The molecular weight excluding hydrogens is 309 g/mol. The van der Waals surface area contributed by atoms with Gasteiger partial charge in [0, 0.05) is 5.39 Å². The summed E-state index contributed by atoms with van der Waals surface area (Å²) >= 11 is 0. The molecule has 2 N–H and O–H groups in total. The van der Waals surface area contributed by atoms with Gasteiger partial charge in [0.15, 0.2) is 0 Å². The normalized spacial score (nSPS) is 26.7. The number of hydrogen-bond donors (Lipinski definition) is 2. The van der Waals surface area contributed by atoms with Crippen LogP contribution < -0.4 is 0 Å². The summed E-state index contributed by atoms with van der Waals surface area (Å²) in [5.74, 6) is -0.726. The van der Waals surface area contributed by atoms with Crippen LogP contribution >= 0.6 is 0 Å². The summed E-state index contributed by atoms with van der Waals surface area (Å²) in [6, 6.07) is 7.50. The molecule has 2 fully saturated rings. The molecule has 4 atom stereocenters. The van der Waals surface area contributed by atoms with Crippen LogP contribution in [-0.2, 0) is 16.0 Å². The molecule has 1 amide bonds. The molecule has 0 unspecified atom stereocenters. The fraction of sp³-hybridized carbons (Fsp3) is 0.471. The fourth-order valence-corrected chi connectivity index (χ4v) is 4.11. The minimum atomic E-state index is -1.62. The average molecular weight is 329 g/mol. The molecule has 0 aliphatic carbocycles. The number of para-hydroxylation sites is 1. The van der Waals surface area contributed by atoms with Crippen molar-refractivity contribution in [3.05, 3.63) is 36.1 Å². The zero-order valence-electron chi connectivity index (χ0n) is 13.2. The second-order valence-electron chi connectivity index (χ2n) is 6.67. The third kappa shape index (κ3) is 2.62. The summed E-state index contributed by atoms with van der Waals surface area (Å²) in [6.07, 6.45) is 5.56. The third-order valence-corrected chi connectivity index (χ3v) is 5.30. The van der Waals surface area contributed by atoms with Gasteiger partial charge in [-0.05, 0) is 37.3 Å². The summed E-state index contributed by atoms with van der Waals surface area (Å²) in [5.41, 5.74) is 1.61. The van der Waals surface area contributed by atoms with Crippen molar-refractivity contribution in [3.8, 4) is 0 Å². The maximum atomic E-state index is 11.7. The Balaban J connectivity index is 1.60. The highest BCUT2D eigenvalue weighted by atomic mass is 16.5. The van der Waals surface area contributed by atoms with E-state index in [9.17, 15) is 14.8 Å². The van der Waals surface area contributed by atoms with Gasteiger partial charge in [-0.2, -0.15) is 0 Å². The maximum Gasteiger partial charge on any atom is 0.476 e. The molecule has 0 radical (unpaired) electrons. The van der Waals surface area contributed by atoms with Crippen LogP contribution in [0.4, 0.5) is 0 Å². The van der Waals surface area contributed by atoms with Gasteiger partial charge < -0.3 is 24.1 Å². The number of rotatable bonds is 6. The van der Waals surface area contributed by atoms with Crippen LogP contribution in [0, 0.1) is 0 Å². The zero-order chi connectivity index (χ0) is 16.7. The lowest BCUT2D eigenvalue weighted by atomic mass is 9.73. The van der Waals surface area contributed by atoms with E-state index in [1.165, 1.54) is 4.90 Å². The first-order valence-corrected chi connectivity index (χ1v) is 8.37. The van der Waals surface area contributed by atoms with Crippen molar-refractivity contribution >= 4 is 24.5 Å². The molecule has 2 saturated heterocycles. The first kappa shape index (κ1) is 15.7. The number of amides is 1. The highest BCUT2D eigenvalue weighted by Gasteiger charge is 2.46. The van der Waals surface area contributed by atoms with Crippen molar-refractivity contribution in [3.63, 3.8) is 0 Å². The Bertz CT molecular complexity index is 733. The fourth-order valence-electron chi connectivity index (χ4n) is 4.11. The van der Waals surface area contributed by atoms with Crippen LogP contribution in [0.2, 0.25) is 0 Å². The first-order valence-electron chi connectivity index (χ1n) is 8.37. The van der Waals surface area contributed by atoms with Crippen LogP contribution in [0.3, 0.4) is 0 Å². The first-order chi connectivity index (χ1) is 11.7. The van der Waals surface area contributed by atoms with Crippen LogP contribution in [0.25, 0.3) is 11.0 Å². The monoisotopic (exact) mass is 329 g/mol. The van der Waals surface area contributed by atoms with Gasteiger partial charge in [-0.1, -0.05) is 18.2 Å². The zero-order valence-corrected chi connectivity index (χ0v) is 13.2. The second kappa shape index (κ2) is 6.24. The van der Waals surface area contributed by atoms with Crippen LogP contribution in [0.15, 0.2) is 34.9 Å². The summed E-state index contributed by atoms with van der Waals surface area (Å²) in [5, 5.41) is 20.7. The van der Waals surface area contributed by atoms with Gasteiger partial charge in [-0.3, -0.25) is 4.79 Å². The van der Waals surface area contributed by atoms with Crippen molar-refractivity contribution in [2.24, 2.45) is 0 Å². The van der Waals surface area contributed by atoms with Gasteiger partial charge >= 0.3 is 7.12 Å². The van der Waals surface area contributed by atoms with Crippen molar-refractivity contribution in [2.75, 3.05) is 0 Å². The van der Waals surface area contributed by atoms with E-state index >= 15 is 0 Å². The molecule has 2 aromatic rings. The number of fused-ring (bicyclic) bond motifs is 3. The largest absolute Gasteiger partial charge is 0.476 e. The van der Waals surface area contributed by atoms with Gasteiger partial charge in [0.05, 0.1) is 30.5 Å². The lowest BCUT2D eigenvalue weighted by molar-refractivity contribution is -0.122. The molecule has 24 heavy (non-hydrogen) atoms. The molecule has 6 nitrogen and oxygen atoms in total. The molecule has 126 valence electrons. The lowest BCUT2D eigenvalue weighted by Crippen LogP contribution is -2.54. The summed E-state index contributed by atoms with van der Waals surface area (Å²) in [4.78, 5) is 13.3. The average Bonchev–Trinajstić information content (AvgIpc) is 3.30. The Morgan fingerprint density at radius 2 is 2.17 bits per heavy atom. The number of nitrogens with zero attached hydrogens (tertiary/aromatic N) is 1. The Kier molecular flexibility index (Phi) is 4.08. The number of ether oxygens (including phenoxy) is 1. The van der Waals surface area contributed by atoms with Gasteiger partial charge in [-0.15, -0.1) is 0 Å². The number of carbonyl (C=O) groups is 1. The van der Waals surface area contributed by atoms with Gasteiger partial charge in [0.25, 0.3) is 0 Å². The molecular formula is C17H20BNO5. The summed E-state index contributed by atoms with van der Waals surface area (Å²) in [6.45, 7) is 0. The van der Waals surface area contributed by atoms with Crippen LogP contribution in [0.5, 0.6) is 0 Å². The van der Waals surface area contributed by atoms with E-state index in [2.05, 4.69) is 0 Å². The molecule has 0 saturated carbocycles. The van der Waals surface area contributed by atoms with Crippen molar-refractivity contribution < 1.29 is 24.0 Å². The predicted octanol–water partition coefficient (Wildman–Crippen LogP) is 1.13. The molecule has 3 heterocycles. The standard InChI is InChI=1S/C17H20BNO5/c20-10-19(14-8-12-5-6-16(14)24-12)17(18(21)22)7-11-9-23-15-4-2-1-3-13(11)15/h1-4,9-10,12,14,16-17,21-22H,5-8H2/t12-,14-,16+,17+/m1/s1. The molecule has 7 heteroatoms. The minimum Gasteiger partial charge on any atom is -0.464 e. The summed E-state index contributed by atoms with van der Waals surface area (Å²) in [7, 11) is -1.62. The third-order valence-electron chi connectivity index (χ3n) is 5.30. The Morgan fingerprint density at radius 1 is 1.33 bits per heavy atom. The molecule has 2 aliphatic heterocycles. The van der Waals surface area contributed by atoms with E-state index in [-0.39, 0.29) is 18.2 Å². The van der Waals surface area contributed by atoms with Crippen LogP contribution in [0.1, 0.15) is 24.8 Å². The van der Waals surface area contributed by atoms with Crippen molar-refractivity contribution in [1.29, 1.82) is 0 Å². The molecule has 1 aromatic carbocycles. The maximum absolute atomic E-state index is 11.7. The highest BCUT2D eigenvalue weighted by Crippen LogP contribution is 2.38. The molecule has 2 aliphatic rings. The Morgan fingerprint density at radius 3 is 2.83 bits per heavy atom. The number of benzene rings is 1. The predicted molar refractivity (Wildman–Crippen MR) is 88.1 cm³/mol. The molecule has 4 rings (SSSR count). The minimum absolute atomic E-state index is 0.00236. The smallest absolute Gasteiger partial charge is 0.464 e. The van der Waals surface area contributed by atoms with E-state index in [0.717, 1.165) is 42.2 Å². The van der Waals surface area contributed by atoms with Crippen molar-refractivity contribution in [2.45, 2.75) is 49.9 Å². The van der Waals surface area contributed by atoms with E-state index in [1.807, 2.05) is 24.3 Å². The molecule has 1 aromatic heterocycles. The molecule has 2 bridgehead atoms. The summed E-state index contributed by atoms with van der Waals surface area (Å²) < 4.78 is 11.3. The Hall–Kier alpha value is -1.83. The number of furan rings is 1. The number of hydrogen-bond acceptors (Lipinski definition) is 5. The quantitative estimate of drug-likeness (QED) is 0.613. The van der Waals surface area contributed by atoms with Gasteiger partial charge in [0.1, 0.15) is 5.58 Å². The molecule has 0 spiro atoms. The second-order valence-corrected chi connectivity index (χ2v) is 6.67. The Labute approximate surface area is 140 Å². The number of carbonyl (C=O) groups excluding carboxylic acids is 1. The van der Waals surface area contributed by atoms with Crippen molar-refractivity contribution in [1.82, 2.24) is 4.90 Å². The lowest BCUT2D eigenvalue weighted by Gasteiger charge is -2.35.